The number of rotatable bonds is 4. The lowest BCUT2D eigenvalue weighted by Crippen LogP contribution is -2.17. The first kappa shape index (κ1) is 17.7. The Morgan fingerprint density at radius 2 is 1.25 bits per heavy atom. The van der Waals surface area contributed by atoms with Gasteiger partial charge in [0.2, 0.25) is 5.82 Å². The van der Waals surface area contributed by atoms with E-state index in [0.717, 1.165) is 24.3 Å². The van der Waals surface area contributed by atoms with Gasteiger partial charge in [-0.2, -0.15) is 8.42 Å². The van der Waals surface area contributed by atoms with Gasteiger partial charge in [-0.1, -0.05) is 0 Å². The maximum Gasteiger partial charge on any atom is 0.345 e. The van der Waals surface area contributed by atoms with Crippen molar-refractivity contribution in [1.82, 2.24) is 0 Å². The lowest BCUT2D eigenvalue weighted by molar-refractivity contribution is 0.0697. The van der Waals surface area contributed by atoms with Crippen LogP contribution >= 0.6 is 0 Å². The maximum absolute atomic E-state index is 13.5. The van der Waals surface area contributed by atoms with Crippen molar-refractivity contribution in [2.24, 2.45) is 0 Å². The zero-order valence-corrected chi connectivity index (χ0v) is 12.0. The number of hydrogen-bond donors (Lipinski definition) is 1. The van der Waals surface area contributed by atoms with Gasteiger partial charge >= 0.3 is 16.1 Å². The van der Waals surface area contributed by atoms with E-state index >= 15 is 0 Å². The van der Waals surface area contributed by atoms with Gasteiger partial charge in [0, 0.05) is 0 Å². The molecule has 5 nitrogen and oxygen atoms in total. The molecule has 11 heteroatoms. The van der Waals surface area contributed by atoms with Crippen molar-refractivity contribution in [2.45, 2.75) is 4.90 Å². The fourth-order valence-corrected chi connectivity index (χ4v) is 2.69. The molecule has 0 spiro atoms. The second-order valence-corrected chi connectivity index (χ2v) is 5.75. The van der Waals surface area contributed by atoms with Crippen LogP contribution in [0.15, 0.2) is 29.2 Å². The number of aromatic carboxylic acids is 1. The van der Waals surface area contributed by atoms with Gasteiger partial charge < -0.3 is 9.29 Å². The summed E-state index contributed by atoms with van der Waals surface area (Å²) in [7, 11) is -5.41. The smallest absolute Gasteiger partial charge is 0.345 e. The molecule has 0 aliphatic heterocycles. The molecular formula is C13H5F5O5S. The molecule has 0 fully saturated rings. The van der Waals surface area contributed by atoms with E-state index in [1.54, 1.807) is 0 Å². The number of halogens is 5. The van der Waals surface area contributed by atoms with Crippen LogP contribution in [0, 0.1) is 29.1 Å². The largest absolute Gasteiger partial charge is 0.478 e. The van der Waals surface area contributed by atoms with Gasteiger partial charge in [-0.15, -0.1) is 0 Å². The Hall–Kier alpha value is -2.69. The van der Waals surface area contributed by atoms with E-state index in [9.17, 15) is 35.2 Å². The second-order valence-electron chi connectivity index (χ2n) is 4.27. The van der Waals surface area contributed by atoms with Crippen molar-refractivity contribution in [2.75, 3.05) is 0 Å². The average Bonchev–Trinajstić information content (AvgIpc) is 2.51. The number of carboxylic acid groups (broad SMARTS) is 1. The molecule has 0 bridgehead atoms. The standard InChI is InChI=1S/C13H5F5O5S/c14-7-8(15)10(17)12(11(18)9(7)16)24(21,22)23-6-3-1-5(2-4-6)13(19)20/h1-4H,(H,19,20). The van der Waals surface area contributed by atoms with Gasteiger partial charge in [-0.3, -0.25) is 0 Å². The molecule has 2 aromatic rings. The van der Waals surface area contributed by atoms with Crippen molar-refractivity contribution in [3.8, 4) is 5.75 Å². The molecule has 2 aromatic carbocycles. The van der Waals surface area contributed by atoms with E-state index in [2.05, 4.69) is 4.18 Å². The molecule has 24 heavy (non-hydrogen) atoms. The number of benzene rings is 2. The predicted molar refractivity (Wildman–Crippen MR) is 67.4 cm³/mol. The highest BCUT2D eigenvalue weighted by atomic mass is 32.2. The van der Waals surface area contributed by atoms with Crippen LogP contribution < -0.4 is 4.18 Å². The van der Waals surface area contributed by atoms with E-state index in [0.29, 0.717) is 0 Å². The van der Waals surface area contributed by atoms with E-state index in [4.69, 9.17) is 5.11 Å². The molecule has 0 heterocycles. The van der Waals surface area contributed by atoms with Crippen molar-refractivity contribution in [3.05, 3.63) is 58.9 Å². The van der Waals surface area contributed by atoms with Crippen LogP contribution in [-0.2, 0) is 10.1 Å². The molecule has 0 unspecified atom stereocenters. The Labute approximate surface area is 131 Å². The van der Waals surface area contributed by atoms with E-state index in [1.807, 2.05) is 0 Å². The van der Waals surface area contributed by atoms with Gasteiger partial charge in [0.1, 0.15) is 5.75 Å². The number of hydrogen-bond acceptors (Lipinski definition) is 4. The molecule has 1 N–H and O–H groups in total. The van der Waals surface area contributed by atoms with Gasteiger partial charge in [0.15, 0.2) is 28.2 Å². The van der Waals surface area contributed by atoms with Crippen molar-refractivity contribution >= 4 is 16.1 Å². The van der Waals surface area contributed by atoms with Crippen molar-refractivity contribution in [1.29, 1.82) is 0 Å². The molecule has 128 valence electrons. The van der Waals surface area contributed by atoms with Gasteiger partial charge in [-0.25, -0.2) is 26.7 Å². The Kier molecular flexibility index (Phi) is 4.47. The SMILES string of the molecule is O=C(O)c1ccc(OS(=O)(=O)c2c(F)c(F)c(F)c(F)c2F)cc1. The van der Waals surface area contributed by atoms with E-state index < -0.39 is 55.8 Å². The monoisotopic (exact) mass is 368 g/mol. The summed E-state index contributed by atoms with van der Waals surface area (Å²) in [6, 6.07) is 3.47. The van der Waals surface area contributed by atoms with Crippen LogP contribution in [0.5, 0.6) is 5.75 Å². The highest BCUT2D eigenvalue weighted by Crippen LogP contribution is 2.29. The molecule has 0 aliphatic carbocycles. The van der Waals surface area contributed by atoms with E-state index in [-0.39, 0.29) is 5.56 Å². The number of carboxylic acids is 1. The van der Waals surface area contributed by atoms with Crippen LogP contribution in [0.4, 0.5) is 22.0 Å². The summed E-state index contributed by atoms with van der Waals surface area (Å²) in [5.74, 6) is -14.5. The summed E-state index contributed by atoms with van der Waals surface area (Å²) in [6.07, 6.45) is 0. The third kappa shape index (κ3) is 3.02. The highest BCUT2D eigenvalue weighted by Gasteiger charge is 2.35. The molecule has 0 aliphatic rings. The first-order chi connectivity index (χ1) is 11.1. The fraction of sp³-hybridized carbons (Fsp3) is 0. The van der Waals surface area contributed by atoms with Crippen LogP contribution in [0.1, 0.15) is 10.4 Å². The summed E-state index contributed by atoms with van der Waals surface area (Å²) in [5, 5.41) is 8.67. The Bertz CT molecular complexity index is 896. The zero-order chi connectivity index (χ0) is 18.2. The third-order valence-electron chi connectivity index (χ3n) is 2.73. The summed E-state index contributed by atoms with van der Waals surface area (Å²) in [4.78, 5) is 8.49. The van der Waals surface area contributed by atoms with Crippen molar-refractivity contribution < 1.29 is 44.5 Å². The third-order valence-corrected chi connectivity index (χ3v) is 4.00. The van der Waals surface area contributed by atoms with Gasteiger partial charge in [0.25, 0.3) is 0 Å². The lowest BCUT2D eigenvalue weighted by atomic mass is 10.2. The number of carbonyl (C=O) groups is 1. The maximum atomic E-state index is 13.5. The quantitative estimate of drug-likeness (QED) is 0.389. The summed E-state index contributed by atoms with van der Waals surface area (Å²) >= 11 is 0. The Balaban J connectivity index is 2.50. The summed E-state index contributed by atoms with van der Waals surface area (Å²) in [6.45, 7) is 0. The predicted octanol–water partition coefficient (Wildman–Crippen LogP) is 2.85. The zero-order valence-electron chi connectivity index (χ0n) is 11.2. The molecule has 0 radical (unpaired) electrons. The molecule has 0 saturated heterocycles. The van der Waals surface area contributed by atoms with Gasteiger partial charge in [0.05, 0.1) is 5.56 Å². The average molecular weight is 368 g/mol. The van der Waals surface area contributed by atoms with Crippen molar-refractivity contribution in [3.63, 3.8) is 0 Å². The molecular weight excluding hydrogens is 363 g/mol. The van der Waals surface area contributed by atoms with Crippen LogP contribution in [-0.4, -0.2) is 19.5 Å². The summed E-state index contributed by atoms with van der Waals surface area (Å²) in [5.41, 5.74) is -0.254. The molecule has 2 rings (SSSR count). The minimum atomic E-state index is -5.41. The topological polar surface area (TPSA) is 80.7 Å². The Morgan fingerprint density at radius 3 is 1.67 bits per heavy atom. The Morgan fingerprint density at radius 1 is 0.833 bits per heavy atom. The molecule has 0 saturated carbocycles. The minimum Gasteiger partial charge on any atom is -0.478 e. The van der Waals surface area contributed by atoms with E-state index in [1.165, 1.54) is 0 Å². The highest BCUT2D eigenvalue weighted by molar-refractivity contribution is 7.87. The summed E-state index contributed by atoms with van der Waals surface area (Å²) < 4.78 is 94.0. The van der Waals surface area contributed by atoms with Crippen LogP contribution in [0.2, 0.25) is 0 Å². The lowest BCUT2D eigenvalue weighted by Gasteiger charge is -2.10. The molecule has 0 aromatic heterocycles. The first-order valence-electron chi connectivity index (χ1n) is 5.85. The fourth-order valence-electron chi connectivity index (χ4n) is 1.63. The molecule has 0 atom stereocenters. The first-order valence-corrected chi connectivity index (χ1v) is 7.26. The van der Waals surface area contributed by atoms with Gasteiger partial charge in [-0.05, 0) is 24.3 Å². The minimum absolute atomic E-state index is 0.254. The van der Waals surface area contributed by atoms with Crippen LogP contribution in [0.3, 0.4) is 0 Å². The molecule has 0 amide bonds. The van der Waals surface area contributed by atoms with Crippen LogP contribution in [0.25, 0.3) is 0 Å². The normalized spacial score (nSPS) is 11.4. The second kappa shape index (κ2) is 6.07.